The summed E-state index contributed by atoms with van der Waals surface area (Å²) in [6, 6.07) is 6.15. The number of nitrogens with one attached hydrogen (secondary N) is 2. The molecule has 0 saturated carbocycles. The fraction of sp³-hybridized carbons (Fsp3) is 0.0625. The number of halogens is 1. The number of carbonyl (C=O) groups is 1. The third kappa shape index (κ3) is 2.82. The van der Waals surface area contributed by atoms with Crippen LogP contribution in [0.2, 0.25) is 0 Å². The molecule has 4 rings (SSSR count). The summed E-state index contributed by atoms with van der Waals surface area (Å²) >= 11 is 0. The third-order valence-electron chi connectivity index (χ3n) is 3.61. The highest BCUT2D eigenvalue weighted by Crippen LogP contribution is 2.22. The molecule has 0 aliphatic carbocycles. The van der Waals surface area contributed by atoms with Crippen LogP contribution in [0, 0.1) is 12.7 Å². The Kier molecular flexibility index (Phi) is 3.46. The number of hydrogen-bond acceptors (Lipinski definition) is 5. The zero-order valence-corrected chi connectivity index (χ0v) is 13.1. The molecule has 4 heterocycles. The van der Waals surface area contributed by atoms with E-state index in [1.165, 1.54) is 18.5 Å². The van der Waals surface area contributed by atoms with E-state index in [4.69, 9.17) is 0 Å². The average molecular weight is 337 g/mol. The molecule has 8 nitrogen and oxygen atoms in total. The van der Waals surface area contributed by atoms with Crippen LogP contribution in [-0.2, 0) is 0 Å². The number of hydrogen-bond donors (Lipinski definition) is 2. The number of fused-ring (bicyclic) bond motifs is 1. The lowest BCUT2D eigenvalue weighted by Crippen LogP contribution is -2.14. The molecule has 0 aromatic carbocycles. The van der Waals surface area contributed by atoms with Crippen LogP contribution in [0.15, 0.2) is 43.0 Å². The van der Waals surface area contributed by atoms with Crippen LogP contribution in [-0.4, -0.2) is 35.7 Å². The molecule has 4 aromatic rings. The van der Waals surface area contributed by atoms with E-state index >= 15 is 0 Å². The minimum Gasteiger partial charge on any atom is -0.306 e. The number of pyridine rings is 2. The average Bonchev–Trinajstić information content (AvgIpc) is 3.24. The van der Waals surface area contributed by atoms with Gasteiger partial charge in [0.15, 0.2) is 5.65 Å². The Morgan fingerprint density at radius 2 is 2.20 bits per heavy atom. The van der Waals surface area contributed by atoms with Gasteiger partial charge in [-0.2, -0.15) is 5.10 Å². The molecule has 2 N–H and O–H groups in total. The molecule has 124 valence electrons. The van der Waals surface area contributed by atoms with Crippen LogP contribution in [0.1, 0.15) is 16.1 Å². The van der Waals surface area contributed by atoms with Crippen LogP contribution in [0.4, 0.5) is 10.2 Å². The first-order chi connectivity index (χ1) is 12.1. The molecule has 0 atom stereocenters. The highest BCUT2D eigenvalue weighted by molar-refractivity contribution is 6.08. The smallest absolute Gasteiger partial charge is 0.260 e. The number of aromatic nitrogens is 6. The summed E-state index contributed by atoms with van der Waals surface area (Å²) in [6.45, 7) is 1.89. The van der Waals surface area contributed by atoms with Gasteiger partial charge in [0.2, 0.25) is 0 Å². The summed E-state index contributed by atoms with van der Waals surface area (Å²) in [6.07, 6.45) is 4.33. The number of nitrogens with zero attached hydrogens (tertiary/aromatic N) is 5. The Balaban J connectivity index is 1.75. The SMILES string of the molecule is Cc1cc(-c2cc(C(=O)Nc3ccc(F)cn3)c3nncn3c2)n[nH]1. The van der Waals surface area contributed by atoms with Crippen LogP contribution in [0.3, 0.4) is 0 Å². The number of H-pyrrole nitrogens is 1. The highest BCUT2D eigenvalue weighted by Gasteiger charge is 2.16. The quantitative estimate of drug-likeness (QED) is 0.597. The summed E-state index contributed by atoms with van der Waals surface area (Å²) in [5.74, 6) is -0.662. The van der Waals surface area contributed by atoms with E-state index in [0.29, 0.717) is 16.9 Å². The molecule has 25 heavy (non-hydrogen) atoms. The van der Waals surface area contributed by atoms with Gasteiger partial charge in [-0.15, -0.1) is 10.2 Å². The van der Waals surface area contributed by atoms with Gasteiger partial charge in [-0.25, -0.2) is 9.37 Å². The van der Waals surface area contributed by atoms with E-state index in [0.717, 1.165) is 17.5 Å². The first-order valence-electron chi connectivity index (χ1n) is 7.39. The van der Waals surface area contributed by atoms with Gasteiger partial charge in [0.1, 0.15) is 18.0 Å². The number of rotatable bonds is 3. The van der Waals surface area contributed by atoms with Gasteiger partial charge in [-0.3, -0.25) is 14.3 Å². The number of amides is 1. The lowest BCUT2D eigenvalue weighted by molar-refractivity contribution is 0.102. The second-order valence-electron chi connectivity index (χ2n) is 5.46. The van der Waals surface area contributed by atoms with Gasteiger partial charge in [0.25, 0.3) is 5.91 Å². The lowest BCUT2D eigenvalue weighted by Gasteiger charge is -2.07. The maximum absolute atomic E-state index is 12.9. The number of aromatic amines is 1. The predicted molar refractivity (Wildman–Crippen MR) is 87.5 cm³/mol. The molecule has 0 aliphatic rings. The van der Waals surface area contributed by atoms with Crippen molar-refractivity contribution in [3.8, 4) is 11.3 Å². The van der Waals surface area contributed by atoms with E-state index < -0.39 is 11.7 Å². The third-order valence-corrected chi connectivity index (χ3v) is 3.61. The van der Waals surface area contributed by atoms with Crippen molar-refractivity contribution >= 4 is 17.4 Å². The van der Waals surface area contributed by atoms with E-state index in [-0.39, 0.29) is 5.82 Å². The van der Waals surface area contributed by atoms with E-state index in [2.05, 4.69) is 30.7 Å². The highest BCUT2D eigenvalue weighted by atomic mass is 19.1. The standard InChI is InChI=1S/C16H12FN7O/c1-9-4-13(22-21-9)10-5-12(15-23-19-8-24(15)7-10)16(25)20-14-3-2-11(17)6-18-14/h2-8H,1H3,(H,21,22)(H,18,20,25). The molecule has 1 amide bonds. The first-order valence-corrected chi connectivity index (χ1v) is 7.39. The molecule has 0 unspecified atom stereocenters. The summed E-state index contributed by atoms with van der Waals surface area (Å²) in [7, 11) is 0. The lowest BCUT2D eigenvalue weighted by atomic mass is 10.1. The molecule has 0 radical (unpaired) electrons. The van der Waals surface area contributed by atoms with Crippen LogP contribution in [0.5, 0.6) is 0 Å². The van der Waals surface area contributed by atoms with E-state index in [1.807, 2.05) is 13.0 Å². The Morgan fingerprint density at radius 1 is 1.32 bits per heavy atom. The van der Waals surface area contributed by atoms with Crippen molar-refractivity contribution in [3.05, 3.63) is 60.1 Å². The minimum absolute atomic E-state index is 0.241. The number of anilines is 1. The molecule has 0 spiro atoms. The fourth-order valence-electron chi connectivity index (χ4n) is 2.44. The fourth-order valence-corrected chi connectivity index (χ4v) is 2.44. The topological polar surface area (TPSA) is 101 Å². The zero-order valence-electron chi connectivity index (χ0n) is 13.1. The zero-order chi connectivity index (χ0) is 17.4. The van der Waals surface area contributed by atoms with E-state index in [9.17, 15) is 9.18 Å². The molecule has 4 aromatic heterocycles. The van der Waals surface area contributed by atoms with Crippen LogP contribution < -0.4 is 5.32 Å². The van der Waals surface area contributed by atoms with Gasteiger partial charge in [-0.1, -0.05) is 0 Å². The maximum atomic E-state index is 12.9. The molecular weight excluding hydrogens is 325 g/mol. The van der Waals surface area contributed by atoms with Crippen molar-refractivity contribution < 1.29 is 9.18 Å². The Morgan fingerprint density at radius 3 is 2.92 bits per heavy atom. The summed E-state index contributed by atoms with van der Waals surface area (Å²) in [4.78, 5) is 16.5. The second-order valence-corrected chi connectivity index (χ2v) is 5.46. The van der Waals surface area contributed by atoms with Gasteiger partial charge < -0.3 is 5.32 Å². The predicted octanol–water partition coefficient (Wildman–Crippen LogP) is 2.21. The summed E-state index contributed by atoms with van der Waals surface area (Å²) in [5.41, 5.74) is 3.04. The van der Waals surface area contributed by atoms with Crippen molar-refractivity contribution in [2.45, 2.75) is 6.92 Å². The normalized spacial score (nSPS) is 11.0. The Bertz CT molecular complexity index is 1070. The van der Waals surface area contributed by atoms with Crippen molar-refractivity contribution in [3.63, 3.8) is 0 Å². The van der Waals surface area contributed by atoms with Crippen LogP contribution >= 0.6 is 0 Å². The molecule has 9 heteroatoms. The van der Waals surface area contributed by atoms with Gasteiger partial charge in [0, 0.05) is 17.5 Å². The molecule has 0 fully saturated rings. The first kappa shape index (κ1) is 14.9. The van der Waals surface area contributed by atoms with Crippen LogP contribution in [0.25, 0.3) is 16.9 Å². The maximum Gasteiger partial charge on any atom is 0.260 e. The molecular formula is C16H12FN7O. The monoisotopic (exact) mass is 337 g/mol. The molecule has 0 saturated heterocycles. The summed E-state index contributed by atoms with van der Waals surface area (Å²) < 4.78 is 14.6. The van der Waals surface area contributed by atoms with Gasteiger partial charge >= 0.3 is 0 Å². The molecule has 0 bridgehead atoms. The summed E-state index contributed by atoms with van der Waals surface area (Å²) in [5, 5.41) is 17.5. The number of aryl methyl sites for hydroxylation is 1. The minimum atomic E-state index is -0.478. The largest absolute Gasteiger partial charge is 0.306 e. The second kappa shape index (κ2) is 5.78. The van der Waals surface area contributed by atoms with Gasteiger partial charge in [-0.05, 0) is 31.2 Å². The van der Waals surface area contributed by atoms with E-state index in [1.54, 1.807) is 16.7 Å². The molecule has 0 aliphatic heterocycles. The van der Waals surface area contributed by atoms with Gasteiger partial charge in [0.05, 0.1) is 17.5 Å². The number of carbonyl (C=O) groups excluding carboxylic acids is 1. The van der Waals surface area contributed by atoms with Crippen molar-refractivity contribution in [2.24, 2.45) is 0 Å². The Hall–Kier alpha value is -3.62. The van der Waals surface area contributed by atoms with Crippen molar-refractivity contribution in [2.75, 3.05) is 5.32 Å². The van der Waals surface area contributed by atoms with Crippen molar-refractivity contribution in [1.29, 1.82) is 0 Å². The van der Waals surface area contributed by atoms with Crippen molar-refractivity contribution in [1.82, 2.24) is 29.8 Å². The Labute approximate surface area is 140 Å².